The summed E-state index contributed by atoms with van der Waals surface area (Å²) in [6.07, 6.45) is 24.3. The van der Waals surface area contributed by atoms with Gasteiger partial charge in [-0.25, -0.2) is 0 Å². The third-order valence-electron chi connectivity index (χ3n) is 8.99. The Hall–Kier alpha value is 0. The van der Waals surface area contributed by atoms with Crippen molar-refractivity contribution in [2.45, 2.75) is 124 Å². The zero-order valence-corrected chi connectivity index (χ0v) is 18.4. The molecule has 0 nitrogen and oxygen atoms in total. The average molecular weight is 361 g/mol. The minimum atomic E-state index is 0.999. The molecule has 7 unspecified atom stereocenters. The van der Waals surface area contributed by atoms with Crippen LogP contribution in [-0.4, -0.2) is 0 Å². The molecule has 0 amide bonds. The van der Waals surface area contributed by atoms with Crippen molar-refractivity contribution in [3.05, 3.63) is 0 Å². The summed E-state index contributed by atoms with van der Waals surface area (Å²) in [4.78, 5) is 0. The average Bonchev–Trinajstić information content (AvgIpc) is 3.11. The molecule has 0 heteroatoms. The Balaban J connectivity index is 1.83. The van der Waals surface area contributed by atoms with E-state index in [1.165, 1.54) is 57.8 Å². The molecule has 7 atom stereocenters. The molecule has 3 saturated carbocycles. The van der Waals surface area contributed by atoms with Crippen molar-refractivity contribution < 1.29 is 0 Å². The van der Waals surface area contributed by atoms with Gasteiger partial charge in [-0.2, -0.15) is 0 Å². The van der Waals surface area contributed by atoms with Gasteiger partial charge in [0.05, 0.1) is 0 Å². The van der Waals surface area contributed by atoms with Gasteiger partial charge < -0.3 is 0 Å². The number of unbranched alkanes of at least 4 members (excludes halogenated alkanes) is 1. The van der Waals surface area contributed by atoms with Crippen LogP contribution in [0.5, 0.6) is 0 Å². The molecule has 0 aliphatic heterocycles. The van der Waals surface area contributed by atoms with Gasteiger partial charge in [0.2, 0.25) is 0 Å². The first kappa shape index (κ1) is 20.7. The predicted molar refractivity (Wildman–Crippen MR) is 115 cm³/mol. The number of fused-ring (bicyclic) bond motifs is 1. The van der Waals surface area contributed by atoms with Gasteiger partial charge >= 0.3 is 0 Å². The standard InChI is InChI=1S/C26H48/c1-4-6-16-23-20(3)19-22-15-13-18-25(22)26(23)24-17-12-10-8-7-9-11-14-21(24)5-2/h20-26H,4-19H2,1-3H3. The van der Waals surface area contributed by atoms with Crippen molar-refractivity contribution in [3.8, 4) is 0 Å². The van der Waals surface area contributed by atoms with Crippen LogP contribution in [0.1, 0.15) is 124 Å². The lowest BCUT2D eigenvalue weighted by Gasteiger charge is -2.50. The van der Waals surface area contributed by atoms with E-state index >= 15 is 0 Å². The summed E-state index contributed by atoms with van der Waals surface area (Å²) in [5.41, 5.74) is 0. The highest BCUT2D eigenvalue weighted by Gasteiger charge is 2.48. The summed E-state index contributed by atoms with van der Waals surface area (Å²) in [7, 11) is 0. The topological polar surface area (TPSA) is 0 Å². The highest BCUT2D eigenvalue weighted by atomic mass is 14.5. The molecule has 26 heavy (non-hydrogen) atoms. The molecule has 0 radical (unpaired) electrons. The van der Waals surface area contributed by atoms with Crippen LogP contribution in [0.15, 0.2) is 0 Å². The second kappa shape index (κ2) is 10.5. The van der Waals surface area contributed by atoms with Crippen molar-refractivity contribution >= 4 is 0 Å². The Morgan fingerprint density at radius 1 is 0.731 bits per heavy atom. The molecule has 152 valence electrons. The lowest BCUT2D eigenvalue weighted by molar-refractivity contribution is -0.0130. The van der Waals surface area contributed by atoms with Crippen molar-refractivity contribution in [1.29, 1.82) is 0 Å². The van der Waals surface area contributed by atoms with Crippen molar-refractivity contribution in [1.82, 2.24) is 0 Å². The minimum Gasteiger partial charge on any atom is -0.0654 e. The Labute approximate surface area is 165 Å². The maximum atomic E-state index is 2.64. The maximum absolute atomic E-state index is 2.64. The van der Waals surface area contributed by atoms with Crippen LogP contribution in [0.25, 0.3) is 0 Å². The van der Waals surface area contributed by atoms with Gasteiger partial charge in [-0.15, -0.1) is 0 Å². The molecule has 0 heterocycles. The summed E-state index contributed by atoms with van der Waals surface area (Å²) < 4.78 is 0. The summed E-state index contributed by atoms with van der Waals surface area (Å²) in [6, 6.07) is 0. The SMILES string of the molecule is CCCCC1C(C)CC2CCCC2C1C1CCCCCCCCC1CC. The molecule has 0 aromatic rings. The van der Waals surface area contributed by atoms with E-state index in [1.807, 2.05) is 0 Å². The van der Waals surface area contributed by atoms with Crippen molar-refractivity contribution in [3.63, 3.8) is 0 Å². The number of hydrogen-bond donors (Lipinski definition) is 0. The number of rotatable bonds is 5. The first-order valence-electron chi connectivity index (χ1n) is 12.8. The molecule has 0 saturated heterocycles. The Bertz CT molecular complexity index is 385. The normalized spacial score (nSPS) is 42.3. The van der Waals surface area contributed by atoms with Gasteiger partial charge in [-0.05, 0) is 67.1 Å². The van der Waals surface area contributed by atoms with E-state index in [4.69, 9.17) is 0 Å². The molecule has 3 aliphatic carbocycles. The molecule has 3 fully saturated rings. The molecular weight excluding hydrogens is 312 g/mol. The molecule has 0 bridgehead atoms. The lowest BCUT2D eigenvalue weighted by Crippen LogP contribution is -2.43. The molecule has 0 aromatic heterocycles. The van der Waals surface area contributed by atoms with Gasteiger partial charge in [0.25, 0.3) is 0 Å². The second-order valence-corrected chi connectivity index (χ2v) is 10.5. The van der Waals surface area contributed by atoms with Gasteiger partial charge in [0, 0.05) is 0 Å². The van der Waals surface area contributed by atoms with E-state index in [-0.39, 0.29) is 0 Å². The van der Waals surface area contributed by atoms with Crippen LogP contribution in [0.4, 0.5) is 0 Å². The van der Waals surface area contributed by atoms with E-state index < -0.39 is 0 Å². The Morgan fingerprint density at radius 3 is 2.15 bits per heavy atom. The van der Waals surface area contributed by atoms with Crippen LogP contribution in [0.2, 0.25) is 0 Å². The summed E-state index contributed by atoms with van der Waals surface area (Å²) in [5, 5.41) is 0. The van der Waals surface area contributed by atoms with E-state index in [2.05, 4.69) is 20.8 Å². The van der Waals surface area contributed by atoms with Crippen LogP contribution in [0, 0.1) is 41.4 Å². The van der Waals surface area contributed by atoms with Gasteiger partial charge in [0.15, 0.2) is 0 Å². The van der Waals surface area contributed by atoms with E-state index in [9.17, 15) is 0 Å². The fourth-order valence-electron chi connectivity index (χ4n) is 7.72. The quantitative estimate of drug-likeness (QED) is 0.460. The van der Waals surface area contributed by atoms with Crippen molar-refractivity contribution in [2.24, 2.45) is 41.4 Å². The number of hydrogen-bond acceptors (Lipinski definition) is 0. The van der Waals surface area contributed by atoms with Crippen LogP contribution >= 0.6 is 0 Å². The molecular formula is C26H48. The van der Waals surface area contributed by atoms with Crippen LogP contribution in [-0.2, 0) is 0 Å². The van der Waals surface area contributed by atoms with E-state index in [0.29, 0.717) is 0 Å². The van der Waals surface area contributed by atoms with Gasteiger partial charge in [-0.1, -0.05) is 97.8 Å². The van der Waals surface area contributed by atoms with Gasteiger partial charge in [0.1, 0.15) is 0 Å². The van der Waals surface area contributed by atoms with E-state index in [0.717, 1.165) is 41.4 Å². The Morgan fingerprint density at radius 2 is 1.42 bits per heavy atom. The molecule has 0 aromatic carbocycles. The highest BCUT2D eigenvalue weighted by molar-refractivity contribution is 4.97. The zero-order valence-electron chi connectivity index (χ0n) is 18.4. The smallest absolute Gasteiger partial charge is 0.0321 e. The fraction of sp³-hybridized carbons (Fsp3) is 1.00. The fourth-order valence-corrected chi connectivity index (χ4v) is 7.72. The lowest BCUT2D eigenvalue weighted by atomic mass is 9.55. The first-order valence-corrected chi connectivity index (χ1v) is 12.8. The molecule has 0 N–H and O–H groups in total. The second-order valence-electron chi connectivity index (χ2n) is 10.5. The summed E-state index contributed by atoms with van der Waals surface area (Å²) >= 11 is 0. The Kier molecular flexibility index (Phi) is 8.39. The van der Waals surface area contributed by atoms with Gasteiger partial charge in [-0.3, -0.25) is 0 Å². The third-order valence-corrected chi connectivity index (χ3v) is 8.99. The first-order chi connectivity index (χ1) is 12.8. The molecule has 0 spiro atoms. The summed E-state index contributed by atoms with van der Waals surface area (Å²) in [5.74, 6) is 7.44. The monoisotopic (exact) mass is 360 g/mol. The predicted octanol–water partition coefficient (Wildman–Crippen LogP) is 8.64. The maximum Gasteiger partial charge on any atom is -0.0321 e. The minimum absolute atomic E-state index is 0.999. The highest BCUT2D eigenvalue weighted by Crippen LogP contribution is 2.56. The molecule has 3 aliphatic rings. The summed E-state index contributed by atoms with van der Waals surface area (Å²) in [6.45, 7) is 7.56. The van der Waals surface area contributed by atoms with Crippen LogP contribution < -0.4 is 0 Å². The molecule has 3 rings (SSSR count). The zero-order chi connectivity index (χ0) is 18.4. The largest absolute Gasteiger partial charge is 0.0654 e. The van der Waals surface area contributed by atoms with Crippen molar-refractivity contribution in [2.75, 3.05) is 0 Å². The van der Waals surface area contributed by atoms with E-state index in [1.54, 1.807) is 44.9 Å². The third kappa shape index (κ3) is 4.88. The van der Waals surface area contributed by atoms with Crippen LogP contribution in [0.3, 0.4) is 0 Å².